The summed E-state index contributed by atoms with van der Waals surface area (Å²) in [5, 5.41) is 5.53. The molecule has 4 aromatic carbocycles. The topological polar surface area (TPSA) is 75.7 Å². The standard InChI is InChI=1S/C27H25ClN2O4S/c1-35(32,33)30(25-8-4-7-24(28)18-25)19-20-9-11-22(12-10-20)27(31)29-15-16-34-26-14-13-21-5-2-3-6-23(21)17-26/h2-14,17-18H,15-16,19H2,1H3,(H,29,31). The van der Waals surface area contributed by atoms with Crippen molar-refractivity contribution in [2.24, 2.45) is 0 Å². The molecular formula is C27H25ClN2O4S. The van der Waals surface area contributed by atoms with E-state index in [1.807, 2.05) is 42.5 Å². The fraction of sp³-hybridized carbons (Fsp3) is 0.148. The summed E-state index contributed by atoms with van der Waals surface area (Å²) in [5.74, 6) is 0.519. The first-order valence-electron chi connectivity index (χ1n) is 11.0. The number of anilines is 1. The van der Waals surface area contributed by atoms with Crippen molar-refractivity contribution in [3.05, 3.63) is 107 Å². The third kappa shape index (κ3) is 6.53. The predicted molar refractivity (Wildman–Crippen MR) is 141 cm³/mol. The highest BCUT2D eigenvalue weighted by molar-refractivity contribution is 7.92. The van der Waals surface area contributed by atoms with Crippen LogP contribution in [0.1, 0.15) is 15.9 Å². The van der Waals surface area contributed by atoms with E-state index in [-0.39, 0.29) is 12.5 Å². The van der Waals surface area contributed by atoms with E-state index in [0.717, 1.165) is 28.3 Å². The molecule has 35 heavy (non-hydrogen) atoms. The number of nitrogens with one attached hydrogen (secondary N) is 1. The summed E-state index contributed by atoms with van der Waals surface area (Å²) in [5.41, 5.74) is 1.70. The Morgan fingerprint density at radius 1 is 0.914 bits per heavy atom. The molecule has 0 aromatic heterocycles. The van der Waals surface area contributed by atoms with Crippen molar-refractivity contribution in [3.63, 3.8) is 0 Å². The van der Waals surface area contributed by atoms with E-state index in [1.54, 1.807) is 48.5 Å². The molecule has 8 heteroatoms. The van der Waals surface area contributed by atoms with Gasteiger partial charge in [0.2, 0.25) is 10.0 Å². The number of hydrogen-bond acceptors (Lipinski definition) is 4. The molecule has 0 atom stereocenters. The number of nitrogens with zero attached hydrogens (tertiary/aromatic N) is 1. The SMILES string of the molecule is CS(=O)(=O)N(Cc1ccc(C(=O)NCCOc2ccc3ccccc3c2)cc1)c1cccc(Cl)c1. The molecule has 0 aliphatic rings. The van der Waals surface area contributed by atoms with E-state index in [9.17, 15) is 13.2 Å². The minimum absolute atomic E-state index is 0.126. The summed E-state index contributed by atoms with van der Waals surface area (Å²) in [6.45, 7) is 0.815. The molecule has 1 amide bonds. The van der Waals surface area contributed by atoms with Crippen molar-refractivity contribution in [1.82, 2.24) is 5.32 Å². The minimum atomic E-state index is -3.53. The number of carbonyl (C=O) groups is 1. The van der Waals surface area contributed by atoms with Gasteiger partial charge in [-0.2, -0.15) is 0 Å². The van der Waals surface area contributed by atoms with Gasteiger partial charge in [0.25, 0.3) is 5.91 Å². The Morgan fingerprint density at radius 2 is 1.66 bits per heavy atom. The highest BCUT2D eigenvalue weighted by Crippen LogP contribution is 2.24. The van der Waals surface area contributed by atoms with Crippen LogP contribution >= 0.6 is 11.6 Å². The van der Waals surface area contributed by atoms with Gasteiger partial charge in [-0.25, -0.2) is 8.42 Å². The van der Waals surface area contributed by atoms with Gasteiger partial charge < -0.3 is 10.1 Å². The lowest BCUT2D eigenvalue weighted by molar-refractivity contribution is 0.0947. The third-order valence-corrected chi connectivity index (χ3v) is 6.79. The van der Waals surface area contributed by atoms with Crippen LogP contribution in [0.25, 0.3) is 10.8 Å². The maximum Gasteiger partial charge on any atom is 0.251 e. The normalized spacial score (nSPS) is 11.3. The summed E-state index contributed by atoms with van der Waals surface area (Å²) in [6.07, 6.45) is 1.15. The Kier molecular flexibility index (Phi) is 7.58. The molecule has 0 unspecified atom stereocenters. The number of hydrogen-bond donors (Lipinski definition) is 1. The Balaban J connectivity index is 1.32. The summed E-state index contributed by atoms with van der Waals surface area (Å²) >= 11 is 6.03. The Labute approximate surface area is 210 Å². The number of carbonyl (C=O) groups excluding carboxylic acids is 1. The number of benzene rings is 4. The van der Waals surface area contributed by atoms with Gasteiger partial charge in [0, 0.05) is 10.6 Å². The quantitative estimate of drug-likeness (QED) is 0.312. The smallest absolute Gasteiger partial charge is 0.251 e. The molecule has 1 N–H and O–H groups in total. The van der Waals surface area contributed by atoms with Crippen LogP contribution in [0.2, 0.25) is 5.02 Å². The van der Waals surface area contributed by atoms with Crippen molar-refractivity contribution in [2.45, 2.75) is 6.54 Å². The minimum Gasteiger partial charge on any atom is -0.492 e. The molecule has 180 valence electrons. The monoisotopic (exact) mass is 508 g/mol. The third-order valence-electron chi connectivity index (χ3n) is 5.42. The van der Waals surface area contributed by atoms with E-state index in [4.69, 9.17) is 16.3 Å². The van der Waals surface area contributed by atoms with E-state index in [2.05, 4.69) is 5.32 Å². The largest absolute Gasteiger partial charge is 0.492 e. The molecule has 0 fully saturated rings. The first-order valence-corrected chi connectivity index (χ1v) is 13.2. The van der Waals surface area contributed by atoms with Gasteiger partial charge >= 0.3 is 0 Å². The van der Waals surface area contributed by atoms with Gasteiger partial charge in [0.1, 0.15) is 12.4 Å². The highest BCUT2D eigenvalue weighted by atomic mass is 35.5. The van der Waals surface area contributed by atoms with Crippen LogP contribution in [0.15, 0.2) is 91.0 Å². The Bertz CT molecular complexity index is 1440. The molecule has 0 bridgehead atoms. The molecule has 0 spiro atoms. The van der Waals surface area contributed by atoms with Crippen LogP contribution in [0.3, 0.4) is 0 Å². The highest BCUT2D eigenvalue weighted by Gasteiger charge is 2.18. The Morgan fingerprint density at radius 3 is 2.37 bits per heavy atom. The lowest BCUT2D eigenvalue weighted by Gasteiger charge is -2.22. The molecule has 0 heterocycles. The molecule has 0 saturated carbocycles. The van der Waals surface area contributed by atoms with Crippen LogP contribution < -0.4 is 14.4 Å². The number of sulfonamides is 1. The van der Waals surface area contributed by atoms with Gasteiger partial charge in [0.15, 0.2) is 0 Å². The fourth-order valence-corrected chi connectivity index (χ4v) is 4.72. The van der Waals surface area contributed by atoms with E-state index < -0.39 is 10.0 Å². The number of halogens is 1. The maximum atomic E-state index is 12.5. The molecular weight excluding hydrogens is 484 g/mol. The number of fused-ring (bicyclic) bond motifs is 1. The van der Waals surface area contributed by atoms with Gasteiger partial charge in [-0.1, -0.05) is 60.1 Å². The second-order valence-corrected chi connectivity index (χ2v) is 10.4. The molecule has 4 aromatic rings. The fourth-order valence-electron chi connectivity index (χ4n) is 3.65. The summed E-state index contributed by atoms with van der Waals surface area (Å²) < 4.78 is 31.7. The molecule has 4 rings (SSSR count). The predicted octanol–water partition coefficient (Wildman–Crippen LogP) is 5.27. The van der Waals surface area contributed by atoms with E-state index >= 15 is 0 Å². The van der Waals surface area contributed by atoms with Crippen molar-refractivity contribution >= 4 is 44.0 Å². The van der Waals surface area contributed by atoms with Crippen LogP contribution in [-0.2, 0) is 16.6 Å². The summed E-state index contributed by atoms with van der Waals surface area (Å²) in [4.78, 5) is 12.5. The molecule has 0 saturated heterocycles. The van der Waals surface area contributed by atoms with Crippen LogP contribution in [-0.4, -0.2) is 33.7 Å². The number of ether oxygens (including phenoxy) is 1. The number of rotatable bonds is 9. The van der Waals surface area contributed by atoms with Crippen LogP contribution in [0.5, 0.6) is 5.75 Å². The van der Waals surface area contributed by atoms with Crippen molar-refractivity contribution in [3.8, 4) is 5.75 Å². The first kappa shape index (κ1) is 24.6. The maximum absolute atomic E-state index is 12.5. The zero-order valence-corrected chi connectivity index (χ0v) is 20.7. The second kappa shape index (κ2) is 10.8. The van der Waals surface area contributed by atoms with Crippen molar-refractivity contribution < 1.29 is 17.9 Å². The average Bonchev–Trinajstić information content (AvgIpc) is 2.84. The average molecular weight is 509 g/mol. The molecule has 6 nitrogen and oxygen atoms in total. The molecule has 0 aliphatic carbocycles. The van der Waals surface area contributed by atoms with Gasteiger partial charge in [-0.05, 0) is 58.8 Å². The first-order chi connectivity index (χ1) is 16.8. The van der Waals surface area contributed by atoms with Gasteiger partial charge in [-0.3, -0.25) is 9.10 Å². The zero-order chi connectivity index (χ0) is 24.8. The van der Waals surface area contributed by atoms with E-state index in [1.165, 1.54) is 4.31 Å². The van der Waals surface area contributed by atoms with Crippen LogP contribution in [0.4, 0.5) is 5.69 Å². The van der Waals surface area contributed by atoms with Crippen LogP contribution in [0, 0.1) is 0 Å². The molecule has 0 radical (unpaired) electrons. The van der Waals surface area contributed by atoms with Gasteiger partial charge in [-0.15, -0.1) is 0 Å². The number of amides is 1. The lowest BCUT2D eigenvalue weighted by Crippen LogP contribution is -2.29. The lowest BCUT2D eigenvalue weighted by atomic mass is 10.1. The summed E-state index contributed by atoms with van der Waals surface area (Å²) in [7, 11) is -3.53. The second-order valence-electron chi connectivity index (χ2n) is 8.06. The van der Waals surface area contributed by atoms with Gasteiger partial charge in [0.05, 0.1) is 25.0 Å². The van der Waals surface area contributed by atoms with E-state index in [0.29, 0.717) is 29.4 Å². The summed E-state index contributed by atoms with van der Waals surface area (Å²) in [6, 6.07) is 27.4. The van der Waals surface area contributed by atoms with Crippen molar-refractivity contribution in [1.29, 1.82) is 0 Å². The van der Waals surface area contributed by atoms with Crippen molar-refractivity contribution in [2.75, 3.05) is 23.7 Å². The Hall–Kier alpha value is -3.55. The zero-order valence-electron chi connectivity index (χ0n) is 19.1. The molecule has 0 aliphatic heterocycles.